The molecule has 1 aromatic carbocycles. The van der Waals surface area contributed by atoms with E-state index >= 15 is 0 Å². The lowest BCUT2D eigenvalue weighted by Crippen LogP contribution is -2.31. The first-order valence-electron chi connectivity index (χ1n) is 9.09. The number of methoxy groups -OCH3 is 1. The number of ether oxygens (including phenoxy) is 1. The van der Waals surface area contributed by atoms with Gasteiger partial charge >= 0.3 is 0 Å². The van der Waals surface area contributed by atoms with Crippen molar-refractivity contribution in [3.05, 3.63) is 23.8 Å². The number of benzene rings is 1. The summed E-state index contributed by atoms with van der Waals surface area (Å²) in [4.78, 5) is 14.7. The van der Waals surface area contributed by atoms with E-state index in [9.17, 15) is 13.2 Å². The molecule has 0 radical (unpaired) electrons. The molecule has 1 N–H and O–H groups in total. The van der Waals surface area contributed by atoms with E-state index in [0.29, 0.717) is 37.7 Å². The molecular formula is C18H27N3O4S. The van der Waals surface area contributed by atoms with Crippen molar-refractivity contribution in [3.63, 3.8) is 0 Å². The summed E-state index contributed by atoms with van der Waals surface area (Å²) in [5.41, 5.74) is 0.397. The molecule has 8 heteroatoms. The van der Waals surface area contributed by atoms with Gasteiger partial charge in [-0.15, -0.1) is 0 Å². The number of carbonyl (C=O) groups excluding carboxylic acids is 1. The Hall–Kier alpha value is -1.64. The second kappa shape index (κ2) is 7.94. The molecule has 0 spiro atoms. The highest BCUT2D eigenvalue weighted by atomic mass is 32.2. The fourth-order valence-electron chi connectivity index (χ4n) is 3.73. The van der Waals surface area contributed by atoms with Crippen molar-refractivity contribution in [2.45, 2.75) is 24.2 Å². The van der Waals surface area contributed by atoms with Gasteiger partial charge in [-0.3, -0.25) is 4.79 Å². The number of hydrogen-bond donors (Lipinski definition) is 1. The minimum atomic E-state index is -3.65. The summed E-state index contributed by atoms with van der Waals surface area (Å²) in [6, 6.07) is 4.70. The van der Waals surface area contributed by atoms with E-state index < -0.39 is 10.0 Å². The third-order valence-corrected chi connectivity index (χ3v) is 7.08. The fourth-order valence-corrected chi connectivity index (χ4v) is 5.43. The van der Waals surface area contributed by atoms with E-state index in [1.165, 1.54) is 17.5 Å². The third-order valence-electron chi connectivity index (χ3n) is 5.16. The molecule has 0 aliphatic carbocycles. The molecule has 0 bridgehead atoms. The average molecular weight is 381 g/mol. The van der Waals surface area contributed by atoms with Gasteiger partial charge in [-0.2, -0.15) is 4.31 Å². The highest BCUT2D eigenvalue weighted by Gasteiger charge is 2.32. The van der Waals surface area contributed by atoms with Gasteiger partial charge < -0.3 is 15.0 Å². The van der Waals surface area contributed by atoms with Crippen LogP contribution in [0.4, 0.5) is 0 Å². The molecule has 144 valence electrons. The number of nitrogens with zero attached hydrogens (tertiary/aromatic N) is 2. The van der Waals surface area contributed by atoms with E-state index in [0.717, 1.165) is 25.8 Å². The summed E-state index contributed by atoms with van der Waals surface area (Å²) < 4.78 is 32.7. The second-order valence-electron chi connectivity index (χ2n) is 6.94. The van der Waals surface area contributed by atoms with E-state index in [1.807, 2.05) is 7.05 Å². The maximum atomic E-state index is 13.0. The van der Waals surface area contributed by atoms with Crippen LogP contribution in [-0.2, 0) is 10.0 Å². The first kappa shape index (κ1) is 19.1. The van der Waals surface area contributed by atoms with Crippen LogP contribution in [0.3, 0.4) is 0 Å². The molecular weight excluding hydrogens is 354 g/mol. The molecule has 0 saturated carbocycles. The summed E-state index contributed by atoms with van der Waals surface area (Å²) in [5, 5.41) is 3.14. The summed E-state index contributed by atoms with van der Waals surface area (Å²) in [6.45, 7) is 3.30. The largest absolute Gasteiger partial charge is 0.495 e. The van der Waals surface area contributed by atoms with Crippen LogP contribution in [0.25, 0.3) is 0 Å². The maximum Gasteiger partial charge on any atom is 0.253 e. The van der Waals surface area contributed by atoms with Crippen LogP contribution in [-0.4, -0.2) is 70.4 Å². The monoisotopic (exact) mass is 381 g/mol. The van der Waals surface area contributed by atoms with E-state index in [2.05, 4.69) is 5.32 Å². The van der Waals surface area contributed by atoms with E-state index in [4.69, 9.17) is 4.74 Å². The predicted molar refractivity (Wildman–Crippen MR) is 98.9 cm³/mol. The van der Waals surface area contributed by atoms with Crippen molar-refractivity contribution in [1.82, 2.24) is 14.5 Å². The normalized spacial score (nSPS) is 21.3. The van der Waals surface area contributed by atoms with Crippen LogP contribution in [0.5, 0.6) is 5.75 Å². The Morgan fingerprint density at radius 1 is 1.27 bits per heavy atom. The first-order chi connectivity index (χ1) is 12.5. The summed E-state index contributed by atoms with van der Waals surface area (Å²) in [7, 11) is -0.300. The molecule has 0 aromatic heterocycles. The quantitative estimate of drug-likeness (QED) is 0.800. The molecule has 2 heterocycles. The van der Waals surface area contributed by atoms with Crippen molar-refractivity contribution >= 4 is 15.9 Å². The van der Waals surface area contributed by atoms with Crippen molar-refractivity contribution in [1.29, 1.82) is 0 Å². The Labute approximate surface area is 155 Å². The Morgan fingerprint density at radius 2 is 2.00 bits per heavy atom. The molecule has 2 saturated heterocycles. The number of rotatable bonds is 6. The van der Waals surface area contributed by atoms with Gasteiger partial charge in [0.05, 0.1) is 7.11 Å². The zero-order chi connectivity index (χ0) is 18.7. The maximum absolute atomic E-state index is 13.0. The molecule has 26 heavy (non-hydrogen) atoms. The SMILES string of the molecule is CNCC1CCN(C(=O)c2ccc(OC)c(S(=O)(=O)N3CCCC3)c2)C1. The van der Waals surface area contributed by atoms with Crippen molar-refractivity contribution < 1.29 is 17.9 Å². The Kier molecular flexibility index (Phi) is 5.84. The zero-order valence-electron chi connectivity index (χ0n) is 15.4. The van der Waals surface area contributed by atoms with Gasteiger partial charge in [0.25, 0.3) is 5.91 Å². The second-order valence-corrected chi connectivity index (χ2v) is 8.85. The summed E-state index contributed by atoms with van der Waals surface area (Å²) in [5.74, 6) is 0.599. The van der Waals surface area contributed by atoms with Gasteiger partial charge in [0, 0.05) is 31.7 Å². The van der Waals surface area contributed by atoms with E-state index in [1.54, 1.807) is 17.0 Å². The molecule has 2 aliphatic rings. The summed E-state index contributed by atoms with van der Waals surface area (Å²) in [6.07, 6.45) is 2.68. The van der Waals surface area contributed by atoms with E-state index in [-0.39, 0.29) is 16.6 Å². The highest BCUT2D eigenvalue weighted by molar-refractivity contribution is 7.89. The van der Waals surface area contributed by atoms with Gasteiger partial charge in [0.15, 0.2) is 0 Å². The molecule has 1 atom stereocenters. The van der Waals surface area contributed by atoms with Crippen LogP contribution < -0.4 is 10.1 Å². The minimum absolute atomic E-state index is 0.0821. The van der Waals surface area contributed by atoms with Crippen LogP contribution in [0, 0.1) is 5.92 Å². The highest BCUT2D eigenvalue weighted by Crippen LogP contribution is 2.30. The molecule has 1 unspecified atom stereocenters. The number of likely N-dealkylation sites (tertiary alicyclic amines) is 1. The topological polar surface area (TPSA) is 79.0 Å². The van der Waals surface area contributed by atoms with Crippen molar-refractivity contribution in [3.8, 4) is 5.75 Å². The van der Waals surface area contributed by atoms with Gasteiger partial charge in [-0.25, -0.2) is 8.42 Å². The fraction of sp³-hybridized carbons (Fsp3) is 0.611. The van der Waals surface area contributed by atoms with Gasteiger partial charge in [0.1, 0.15) is 10.6 Å². The number of carbonyl (C=O) groups is 1. The molecule has 1 amide bonds. The summed E-state index contributed by atoms with van der Waals surface area (Å²) >= 11 is 0. The number of amides is 1. The number of nitrogens with one attached hydrogen (secondary N) is 1. The molecule has 1 aromatic rings. The Balaban J connectivity index is 1.87. The lowest BCUT2D eigenvalue weighted by atomic mass is 10.1. The Morgan fingerprint density at radius 3 is 2.65 bits per heavy atom. The van der Waals surface area contributed by atoms with Crippen LogP contribution in [0.1, 0.15) is 29.6 Å². The number of hydrogen-bond acceptors (Lipinski definition) is 5. The molecule has 2 fully saturated rings. The smallest absolute Gasteiger partial charge is 0.253 e. The average Bonchev–Trinajstić information content (AvgIpc) is 3.33. The lowest BCUT2D eigenvalue weighted by molar-refractivity contribution is 0.0787. The zero-order valence-corrected chi connectivity index (χ0v) is 16.2. The van der Waals surface area contributed by atoms with Crippen LogP contribution in [0.2, 0.25) is 0 Å². The van der Waals surface area contributed by atoms with Crippen molar-refractivity contribution in [2.75, 3.05) is 46.9 Å². The van der Waals surface area contributed by atoms with Gasteiger partial charge in [-0.1, -0.05) is 0 Å². The Bertz CT molecular complexity index is 760. The molecule has 7 nitrogen and oxygen atoms in total. The van der Waals surface area contributed by atoms with Gasteiger partial charge in [-0.05, 0) is 57.0 Å². The van der Waals surface area contributed by atoms with Crippen molar-refractivity contribution in [2.24, 2.45) is 5.92 Å². The standard InChI is InChI=1S/C18H27N3O4S/c1-19-12-14-7-10-20(13-14)18(22)15-5-6-16(25-2)17(11-15)26(23,24)21-8-3-4-9-21/h5-6,11,14,19H,3-4,7-10,12-13H2,1-2H3. The first-order valence-corrected chi connectivity index (χ1v) is 10.5. The van der Waals surface area contributed by atoms with Crippen LogP contribution >= 0.6 is 0 Å². The minimum Gasteiger partial charge on any atom is -0.495 e. The van der Waals surface area contributed by atoms with Crippen LogP contribution in [0.15, 0.2) is 23.1 Å². The molecule has 2 aliphatic heterocycles. The van der Waals surface area contributed by atoms with Gasteiger partial charge in [0.2, 0.25) is 10.0 Å². The number of sulfonamides is 1. The predicted octanol–water partition coefficient (Wildman–Crippen LogP) is 1.16. The third kappa shape index (κ3) is 3.72. The molecule has 3 rings (SSSR count). The lowest BCUT2D eigenvalue weighted by Gasteiger charge is -2.20.